The summed E-state index contributed by atoms with van der Waals surface area (Å²) in [6, 6.07) is 85.3. The number of furan rings is 2. The minimum absolute atomic E-state index is 0.0577. The second kappa shape index (κ2) is 17.1. The minimum Gasteiger partial charge on any atom is -0.456 e. The van der Waals surface area contributed by atoms with Gasteiger partial charge < -0.3 is 8.83 Å². The Balaban J connectivity index is 0.999. The van der Waals surface area contributed by atoms with Crippen LogP contribution in [0.25, 0.3) is 132 Å². The van der Waals surface area contributed by atoms with Crippen molar-refractivity contribution in [3.05, 3.63) is 264 Å². The molecule has 78 heavy (non-hydrogen) atoms. The summed E-state index contributed by atoms with van der Waals surface area (Å²) in [6.45, 7) is 10.1. The smallest absolute Gasteiger partial charge is 0.136 e. The highest BCUT2D eigenvalue weighted by atomic mass is 16.3. The fraction of sp³-hybridized carbons (Fsp3) is 0.105. The van der Waals surface area contributed by atoms with Crippen LogP contribution in [0.5, 0.6) is 0 Å². The predicted molar refractivity (Wildman–Crippen MR) is 328 cm³/mol. The number of hydrogen-bond acceptors (Lipinski definition) is 2. The Morgan fingerprint density at radius 2 is 0.590 bits per heavy atom. The average Bonchev–Trinajstić information content (AvgIpc) is 3.06. The van der Waals surface area contributed by atoms with Gasteiger partial charge in [-0.2, -0.15) is 0 Å². The monoisotopic (exact) mass is 998 g/mol. The molecule has 2 aliphatic rings. The van der Waals surface area contributed by atoms with E-state index in [1.165, 1.54) is 116 Å². The molecule has 12 aromatic carbocycles. The van der Waals surface area contributed by atoms with Crippen LogP contribution in [0.3, 0.4) is 0 Å². The molecule has 0 N–H and O–H groups in total. The summed E-state index contributed by atoms with van der Waals surface area (Å²) >= 11 is 0. The van der Waals surface area contributed by atoms with Crippen LogP contribution in [0.4, 0.5) is 0 Å². The summed E-state index contributed by atoms with van der Waals surface area (Å²) in [6.07, 6.45) is 0. The largest absolute Gasteiger partial charge is 0.456 e. The predicted octanol–water partition coefficient (Wildman–Crippen LogP) is 21.7. The van der Waals surface area contributed by atoms with Gasteiger partial charge in [-0.3, -0.25) is 0 Å². The molecule has 4 atom stereocenters. The normalized spacial score (nSPS) is 17.2. The van der Waals surface area contributed by atoms with Crippen molar-refractivity contribution in [3.63, 3.8) is 0 Å². The van der Waals surface area contributed by atoms with Crippen LogP contribution in [0.2, 0.25) is 0 Å². The fourth-order valence-corrected chi connectivity index (χ4v) is 15.0. The molecular weight excluding hydrogens is 945 g/mol. The molecule has 16 rings (SSSR count). The third kappa shape index (κ3) is 6.44. The molecule has 0 fully saturated rings. The molecule has 0 bridgehead atoms. The van der Waals surface area contributed by atoms with Crippen LogP contribution >= 0.6 is 0 Å². The Labute approximate surface area is 453 Å². The average molecular weight is 999 g/mol. The van der Waals surface area contributed by atoms with E-state index in [4.69, 9.17) is 8.83 Å². The Morgan fingerprint density at radius 3 is 1.10 bits per heavy atom. The molecule has 0 saturated heterocycles. The first-order chi connectivity index (χ1) is 38.4. The zero-order valence-corrected chi connectivity index (χ0v) is 44.1. The summed E-state index contributed by atoms with van der Waals surface area (Å²) in [4.78, 5) is 0. The summed E-state index contributed by atoms with van der Waals surface area (Å²) in [5.41, 5.74) is 25.0. The minimum atomic E-state index is 0.0577. The summed E-state index contributed by atoms with van der Waals surface area (Å²) in [5.74, 6) is 0.255. The first-order valence-corrected chi connectivity index (χ1v) is 27.8. The molecule has 0 spiro atoms. The zero-order chi connectivity index (χ0) is 51.9. The fourth-order valence-electron chi connectivity index (χ4n) is 15.0. The highest BCUT2D eigenvalue weighted by Gasteiger charge is 2.45. The van der Waals surface area contributed by atoms with Crippen molar-refractivity contribution in [2.75, 3.05) is 0 Å². The van der Waals surface area contributed by atoms with E-state index in [1.54, 1.807) is 5.57 Å². The van der Waals surface area contributed by atoms with Gasteiger partial charge in [0.05, 0.1) is 0 Å². The molecule has 14 aromatic rings. The van der Waals surface area contributed by atoms with E-state index in [9.17, 15) is 0 Å². The number of benzene rings is 12. The van der Waals surface area contributed by atoms with Crippen LogP contribution in [-0.2, 0) is 0 Å². The van der Waals surface area contributed by atoms with Gasteiger partial charge in [0.2, 0.25) is 0 Å². The highest BCUT2D eigenvalue weighted by Crippen LogP contribution is 2.64. The van der Waals surface area contributed by atoms with Crippen LogP contribution < -0.4 is 0 Å². The van der Waals surface area contributed by atoms with Crippen molar-refractivity contribution in [3.8, 4) is 55.6 Å². The number of fused-ring (bicyclic) bond motifs is 11. The van der Waals surface area contributed by atoms with E-state index >= 15 is 0 Å². The Bertz CT molecular complexity index is 4850. The van der Waals surface area contributed by atoms with Gasteiger partial charge >= 0.3 is 0 Å². The molecule has 2 heterocycles. The van der Waals surface area contributed by atoms with Crippen molar-refractivity contribution in [1.29, 1.82) is 0 Å². The maximum absolute atomic E-state index is 6.71. The SMILES string of the molecule is CC1C2=C(C(C)c3c1c(-c1ccc4c(c1)oc1ccccc14)c1ccccc1c3-c1ccc(-c3ccccc3)cc1)C(C)c1c(c(-c3ccc4c(c3)oc3ccccc34)c3ccccc3c1-c1cccc3ccccc13)C2C. The van der Waals surface area contributed by atoms with Crippen LogP contribution in [-0.4, -0.2) is 0 Å². The van der Waals surface area contributed by atoms with Crippen LogP contribution in [0, 0.1) is 0 Å². The van der Waals surface area contributed by atoms with Gasteiger partial charge in [0.1, 0.15) is 22.3 Å². The van der Waals surface area contributed by atoms with E-state index in [2.05, 4.69) is 258 Å². The van der Waals surface area contributed by atoms with Gasteiger partial charge in [-0.25, -0.2) is 0 Å². The molecule has 370 valence electrons. The van der Waals surface area contributed by atoms with E-state index in [0.29, 0.717) is 0 Å². The lowest BCUT2D eigenvalue weighted by Crippen LogP contribution is -2.29. The third-order valence-electron chi connectivity index (χ3n) is 18.2. The Morgan fingerprint density at radius 1 is 0.244 bits per heavy atom. The Kier molecular flexibility index (Phi) is 9.89. The lowest BCUT2D eigenvalue weighted by molar-refractivity contribution is 0.605. The maximum atomic E-state index is 6.71. The molecule has 2 nitrogen and oxygen atoms in total. The standard InChI is InChI=1S/C76H54O2/c1-43-68-46(4)72-71(75(52-38-40-57-55-25-15-17-32-64(55)78-66(57)42-52)61-28-12-13-29-62(61)76(72)58-30-18-22-49-21-8-9-23-53(49)58)45(3)67(68)44(2)70-69(43)73(50-35-33-48(34-36-50)47-19-6-5-7-20-47)59-26-10-11-27-60(59)74(70)51-37-39-56-54-24-14-16-31-63(54)77-65(56)41-51/h5-46H,1-4H3. The van der Waals surface area contributed by atoms with Crippen LogP contribution in [0.15, 0.2) is 251 Å². The van der Waals surface area contributed by atoms with Crippen molar-refractivity contribution in [1.82, 2.24) is 0 Å². The van der Waals surface area contributed by atoms with Crippen LogP contribution in [0.1, 0.15) is 73.6 Å². The first-order valence-electron chi connectivity index (χ1n) is 27.8. The van der Waals surface area contributed by atoms with Gasteiger partial charge in [0, 0.05) is 45.2 Å². The number of rotatable bonds is 5. The van der Waals surface area contributed by atoms with Gasteiger partial charge in [0.25, 0.3) is 0 Å². The summed E-state index contributed by atoms with van der Waals surface area (Å²) < 4.78 is 13.4. The lowest BCUT2D eigenvalue weighted by atomic mass is 9.57. The molecule has 4 unspecified atom stereocenters. The molecular formula is C76H54O2. The summed E-state index contributed by atoms with van der Waals surface area (Å²) in [7, 11) is 0. The molecule has 2 aromatic heterocycles. The van der Waals surface area contributed by atoms with E-state index in [-0.39, 0.29) is 23.7 Å². The first kappa shape index (κ1) is 45.0. The topological polar surface area (TPSA) is 26.3 Å². The second-order valence-corrected chi connectivity index (χ2v) is 22.1. The quantitative estimate of drug-likeness (QED) is 0.161. The summed E-state index contributed by atoms with van der Waals surface area (Å²) in [5, 5.41) is 12.2. The maximum Gasteiger partial charge on any atom is 0.136 e. The second-order valence-electron chi connectivity index (χ2n) is 22.1. The molecule has 0 aliphatic heterocycles. The molecule has 2 heteroatoms. The van der Waals surface area contributed by atoms with E-state index in [0.717, 1.165) is 43.9 Å². The third-order valence-corrected chi connectivity index (χ3v) is 18.2. The van der Waals surface area contributed by atoms with E-state index < -0.39 is 0 Å². The highest BCUT2D eigenvalue weighted by molar-refractivity contribution is 6.15. The Hall–Kier alpha value is -9.24. The van der Waals surface area contributed by atoms with Crippen molar-refractivity contribution in [2.45, 2.75) is 51.4 Å². The van der Waals surface area contributed by atoms with Gasteiger partial charge in [-0.15, -0.1) is 0 Å². The number of hydrogen-bond donors (Lipinski definition) is 0. The molecule has 2 aliphatic carbocycles. The van der Waals surface area contributed by atoms with Crippen molar-refractivity contribution < 1.29 is 8.83 Å². The van der Waals surface area contributed by atoms with Crippen molar-refractivity contribution in [2.24, 2.45) is 0 Å². The zero-order valence-electron chi connectivity index (χ0n) is 44.1. The lowest BCUT2D eigenvalue weighted by Gasteiger charge is -2.46. The molecule has 0 amide bonds. The molecule has 0 saturated carbocycles. The number of para-hydroxylation sites is 2. The van der Waals surface area contributed by atoms with Gasteiger partial charge in [-0.05, 0) is 147 Å². The molecule has 0 radical (unpaired) electrons. The number of allylic oxidation sites excluding steroid dienone is 2. The van der Waals surface area contributed by atoms with E-state index in [1.807, 2.05) is 0 Å². The van der Waals surface area contributed by atoms with Crippen molar-refractivity contribution >= 4 is 76.2 Å². The van der Waals surface area contributed by atoms with Gasteiger partial charge in [0.15, 0.2) is 0 Å². The van der Waals surface area contributed by atoms with Gasteiger partial charge in [-0.1, -0.05) is 233 Å².